The molecule has 0 aliphatic heterocycles. The number of nitrogens with zero attached hydrogens (tertiary/aromatic N) is 3. The molecule has 1 heterocycles. The van der Waals surface area contributed by atoms with Gasteiger partial charge < -0.3 is 4.74 Å². The Morgan fingerprint density at radius 3 is 2.94 bits per heavy atom. The van der Waals surface area contributed by atoms with Crippen LogP contribution in [0.1, 0.15) is 11.1 Å². The van der Waals surface area contributed by atoms with Crippen LogP contribution in [0.2, 0.25) is 0 Å². The first-order chi connectivity index (χ1) is 8.29. The van der Waals surface area contributed by atoms with E-state index in [0.29, 0.717) is 24.5 Å². The van der Waals surface area contributed by atoms with E-state index >= 15 is 0 Å². The van der Waals surface area contributed by atoms with Crippen molar-refractivity contribution in [2.45, 2.75) is 13.5 Å². The molecule has 0 unspecified atom stereocenters. The highest BCUT2D eigenvalue weighted by Crippen LogP contribution is 2.16. The lowest BCUT2D eigenvalue weighted by molar-refractivity contribution is 0.290. The summed E-state index contributed by atoms with van der Waals surface area (Å²) in [6.07, 6.45) is 3.77. The average Bonchev–Trinajstić information content (AvgIpc) is 2.76. The van der Waals surface area contributed by atoms with Crippen molar-refractivity contribution in [2.24, 2.45) is 0 Å². The molecule has 0 spiro atoms. The highest BCUT2D eigenvalue weighted by atomic mass is 16.5. The van der Waals surface area contributed by atoms with Crippen molar-refractivity contribution in [1.29, 1.82) is 5.26 Å². The van der Waals surface area contributed by atoms with Crippen LogP contribution in [-0.2, 0) is 6.54 Å². The summed E-state index contributed by atoms with van der Waals surface area (Å²) < 4.78 is 7.38. The van der Waals surface area contributed by atoms with Gasteiger partial charge in [-0.2, -0.15) is 10.4 Å². The quantitative estimate of drug-likeness (QED) is 0.804. The fourth-order valence-electron chi connectivity index (χ4n) is 1.52. The van der Waals surface area contributed by atoms with Crippen LogP contribution < -0.4 is 4.74 Å². The SMILES string of the molecule is Cc1cnn(CCOc2ccccc2C#N)c1. The van der Waals surface area contributed by atoms with Crippen LogP contribution in [0.15, 0.2) is 36.7 Å². The number of nitriles is 1. The van der Waals surface area contributed by atoms with Crippen molar-refractivity contribution in [1.82, 2.24) is 9.78 Å². The third-order valence-corrected chi connectivity index (χ3v) is 2.35. The minimum Gasteiger partial charge on any atom is -0.490 e. The van der Waals surface area contributed by atoms with E-state index in [4.69, 9.17) is 10.00 Å². The van der Waals surface area contributed by atoms with Gasteiger partial charge in [0.2, 0.25) is 0 Å². The third kappa shape index (κ3) is 2.85. The third-order valence-electron chi connectivity index (χ3n) is 2.35. The van der Waals surface area contributed by atoms with Gasteiger partial charge in [-0.15, -0.1) is 0 Å². The summed E-state index contributed by atoms with van der Waals surface area (Å²) in [4.78, 5) is 0. The molecule has 86 valence electrons. The van der Waals surface area contributed by atoms with Crippen LogP contribution in [0.3, 0.4) is 0 Å². The van der Waals surface area contributed by atoms with Crippen molar-refractivity contribution in [3.8, 4) is 11.8 Å². The van der Waals surface area contributed by atoms with Gasteiger partial charge in [-0.25, -0.2) is 0 Å². The van der Waals surface area contributed by atoms with Crippen LogP contribution >= 0.6 is 0 Å². The van der Waals surface area contributed by atoms with Gasteiger partial charge in [-0.3, -0.25) is 4.68 Å². The zero-order chi connectivity index (χ0) is 12.1. The van der Waals surface area contributed by atoms with E-state index in [1.54, 1.807) is 12.1 Å². The minimum atomic E-state index is 0.500. The first-order valence-electron chi connectivity index (χ1n) is 5.40. The first kappa shape index (κ1) is 11.2. The highest BCUT2D eigenvalue weighted by Gasteiger charge is 2.01. The smallest absolute Gasteiger partial charge is 0.137 e. The van der Waals surface area contributed by atoms with Crippen molar-refractivity contribution in [2.75, 3.05) is 6.61 Å². The Morgan fingerprint density at radius 1 is 1.41 bits per heavy atom. The van der Waals surface area contributed by atoms with E-state index in [-0.39, 0.29) is 0 Å². The molecule has 0 aliphatic carbocycles. The number of benzene rings is 1. The van der Waals surface area contributed by atoms with Gasteiger partial charge in [0.15, 0.2) is 0 Å². The molecule has 0 saturated heterocycles. The Balaban J connectivity index is 1.92. The monoisotopic (exact) mass is 227 g/mol. The number of hydrogen-bond acceptors (Lipinski definition) is 3. The zero-order valence-corrected chi connectivity index (χ0v) is 9.63. The van der Waals surface area contributed by atoms with E-state index in [2.05, 4.69) is 11.2 Å². The standard InChI is InChI=1S/C13H13N3O/c1-11-9-15-16(10-11)6-7-17-13-5-3-2-4-12(13)8-14/h2-5,9-10H,6-7H2,1H3. The molecule has 1 aromatic carbocycles. The van der Waals surface area contributed by atoms with Crippen molar-refractivity contribution < 1.29 is 4.74 Å². The van der Waals surface area contributed by atoms with Crippen LogP contribution in [0, 0.1) is 18.3 Å². The number of aryl methyl sites for hydroxylation is 1. The molecular formula is C13H13N3O. The van der Waals surface area contributed by atoms with E-state index in [9.17, 15) is 0 Å². The topological polar surface area (TPSA) is 50.8 Å². The molecule has 4 nitrogen and oxygen atoms in total. The lowest BCUT2D eigenvalue weighted by Gasteiger charge is -2.07. The predicted octanol–water partition coefficient (Wildman–Crippen LogP) is 2.14. The van der Waals surface area contributed by atoms with Crippen LogP contribution in [0.5, 0.6) is 5.75 Å². The van der Waals surface area contributed by atoms with Gasteiger partial charge in [0.1, 0.15) is 18.4 Å². The fraction of sp³-hybridized carbons (Fsp3) is 0.231. The second-order valence-corrected chi connectivity index (χ2v) is 3.74. The number of aromatic nitrogens is 2. The maximum Gasteiger partial charge on any atom is 0.137 e. The molecule has 4 heteroatoms. The lowest BCUT2D eigenvalue weighted by Crippen LogP contribution is -2.09. The highest BCUT2D eigenvalue weighted by molar-refractivity contribution is 5.42. The molecular weight excluding hydrogens is 214 g/mol. The molecule has 0 bridgehead atoms. The molecule has 0 saturated carbocycles. The summed E-state index contributed by atoms with van der Waals surface area (Å²) in [5.74, 6) is 0.624. The van der Waals surface area contributed by atoms with E-state index in [1.807, 2.05) is 36.1 Å². The Labute approximate surface area is 100 Å². The van der Waals surface area contributed by atoms with Gasteiger partial charge in [0.05, 0.1) is 18.3 Å². The maximum absolute atomic E-state index is 8.89. The number of ether oxygens (including phenoxy) is 1. The number of hydrogen-bond donors (Lipinski definition) is 0. The Kier molecular flexibility index (Phi) is 3.41. The normalized spacial score (nSPS) is 9.88. The van der Waals surface area contributed by atoms with Gasteiger partial charge in [0.25, 0.3) is 0 Å². The van der Waals surface area contributed by atoms with Gasteiger partial charge in [-0.05, 0) is 24.6 Å². The summed E-state index contributed by atoms with van der Waals surface area (Å²) >= 11 is 0. The molecule has 0 atom stereocenters. The van der Waals surface area contributed by atoms with E-state index in [1.165, 1.54) is 0 Å². The summed E-state index contributed by atoms with van der Waals surface area (Å²) in [7, 11) is 0. The predicted molar refractivity (Wildman–Crippen MR) is 63.6 cm³/mol. The summed E-state index contributed by atoms with van der Waals surface area (Å²) in [6.45, 7) is 3.17. The summed E-state index contributed by atoms with van der Waals surface area (Å²) in [6, 6.07) is 9.32. The van der Waals surface area contributed by atoms with Crippen molar-refractivity contribution >= 4 is 0 Å². The molecule has 0 fully saturated rings. The molecule has 17 heavy (non-hydrogen) atoms. The largest absolute Gasteiger partial charge is 0.490 e. The van der Waals surface area contributed by atoms with Crippen LogP contribution in [0.25, 0.3) is 0 Å². The molecule has 2 aromatic rings. The maximum atomic E-state index is 8.89. The Morgan fingerprint density at radius 2 is 2.24 bits per heavy atom. The number of rotatable bonds is 4. The average molecular weight is 227 g/mol. The molecule has 0 radical (unpaired) electrons. The Bertz CT molecular complexity index is 540. The van der Waals surface area contributed by atoms with Gasteiger partial charge in [0, 0.05) is 6.20 Å². The second kappa shape index (κ2) is 5.17. The zero-order valence-electron chi connectivity index (χ0n) is 9.63. The Hall–Kier alpha value is -2.28. The molecule has 1 aromatic heterocycles. The first-order valence-corrected chi connectivity index (χ1v) is 5.40. The van der Waals surface area contributed by atoms with Crippen molar-refractivity contribution in [3.63, 3.8) is 0 Å². The summed E-state index contributed by atoms with van der Waals surface area (Å²) in [5, 5.41) is 13.1. The molecule has 0 amide bonds. The van der Waals surface area contributed by atoms with Crippen molar-refractivity contribution in [3.05, 3.63) is 47.8 Å². The van der Waals surface area contributed by atoms with E-state index in [0.717, 1.165) is 5.56 Å². The molecule has 0 aliphatic rings. The molecule has 0 N–H and O–H groups in total. The van der Waals surface area contributed by atoms with Gasteiger partial charge >= 0.3 is 0 Å². The second-order valence-electron chi connectivity index (χ2n) is 3.74. The minimum absolute atomic E-state index is 0.500. The fourth-order valence-corrected chi connectivity index (χ4v) is 1.52. The van der Waals surface area contributed by atoms with Gasteiger partial charge in [-0.1, -0.05) is 12.1 Å². The van der Waals surface area contributed by atoms with Crippen LogP contribution in [-0.4, -0.2) is 16.4 Å². The summed E-state index contributed by atoms with van der Waals surface area (Å²) in [5.41, 5.74) is 1.69. The van der Waals surface area contributed by atoms with Crippen LogP contribution in [0.4, 0.5) is 0 Å². The number of para-hydroxylation sites is 1. The lowest BCUT2D eigenvalue weighted by atomic mass is 10.2. The molecule has 2 rings (SSSR count). The van der Waals surface area contributed by atoms with E-state index < -0.39 is 0 Å².